The normalized spacial score (nSPS) is 20.9. The molecule has 0 aliphatic carbocycles. The van der Waals surface area contributed by atoms with Crippen molar-refractivity contribution in [2.45, 2.75) is 32.6 Å². The van der Waals surface area contributed by atoms with Crippen molar-refractivity contribution in [2.75, 3.05) is 32.8 Å². The Bertz CT molecular complexity index is 496. The number of carbonyl (C=O) groups excluding carboxylic acids is 1. The molecule has 1 spiro atoms. The fourth-order valence-corrected chi connectivity index (χ4v) is 3.68. The minimum absolute atomic E-state index is 0.159. The van der Waals surface area contributed by atoms with Gasteiger partial charge in [-0.2, -0.15) is 0 Å². The van der Waals surface area contributed by atoms with Crippen LogP contribution in [0.25, 0.3) is 0 Å². The Morgan fingerprint density at radius 1 is 1.14 bits per heavy atom. The maximum absolute atomic E-state index is 12.6. The fraction of sp³-hybridized carbons (Fsp3) is 0.611. The van der Waals surface area contributed by atoms with Crippen LogP contribution in [0.3, 0.4) is 0 Å². The molecule has 1 amide bonds. The van der Waals surface area contributed by atoms with E-state index in [9.17, 15) is 4.79 Å². The van der Waals surface area contributed by atoms with E-state index < -0.39 is 0 Å². The zero-order chi connectivity index (χ0) is 15.4. The van der Waals surface area contributed by atoms with E-state index in [4.69, 9.17) is 4.74 Å². The highest BCUT2D eigenvalue weighted by Gasteiger charge is 2.36. The maximum atomic E-state index is 12.6. The average Bonchev–Trinajstić information content (AvgIpc) is 2.57. The third kappa shape index (κ3) is 3.27. The number of hydrogen-bond acceptors (Lipinski definition) is 3. The second-order valence-electron chi connectivity index (χ2n) is 6.50. The van der Waals surface area contributed by atoms with Crippen LogP contribution in [0.15, 0.2) is 24.3 Å². The summed E-state index contributed by atoms with van der Waals surface area (Å²) in [5, 5.41) is 3.44. The van der Waals surface area contributed by atoms with Crippen LogP contribution in [0.2, 0.25) is 0 Å². The summed E-state index contributed by atoms with van der Waals surface area (Å²) in [7, 11) is 0. The molecule has 0 aromatic heterocycles. The van der Waals surface area contributed by atoms with Gasteiger partial charge >= 0.3 is 0 Å². The van der Waals surface area contributed by atoms with Gasteiger partial charge in [-0.1, -0.05) is 0 Å². The molecule has 0 bridgehead atoms. The van der Waals surface area contributed by atoms with Crippen molar-refractivity contribution in [1.29, 1.82) is 0 Å². The first kappa shape index (κ1) is 15.3. The summed E-state index contributed by atoms with van der Waals surface area (Å²) >= 11 is 0. The first-order valence-electron chi connectivity index (χ1n) is 8.45. The number of hydrogen-bond donors (Lipinski definition) is 1. The van der Waals surface area contributed by atoms with Gasteiger partial charge in [-0.05, 0) is 75.4 Å². The lowest BCUT2D eigenvalue weighted by Crippen LogP contribution is -2.47. The van der Waals surface area contributed by atoms with Crippen LogP contribution in [0.5, 0.6) is 5.75 Å². The van der Waals surface area contributed by atoms with Crippen molar-refractivity contribution in [1.82, 2.24) is 10.2 Å². The molecule has 4 nitrogen and oxygen atoms in total. The maximum Gasteiger partial charge on any atom is 0.253 e. The number of rotatable bonds is 3. The second-order valence-corrected chi connectivity index (χ2v) is 6.50. The van der Waals surface area contributed by atoms with E-state index in [1.54, 1.807) is 0 Å². The van der Waals surface area contributed by atoms with Gasteiger partial charge in [0.05, 0.1) is 6.61 Å². The summed E-state index contributed by atoms with van der Waals surface area (Å²) in [5.74, 6) is 0.984. The van der Waals surface area contributed by atoms with E-state index in [1.807, 2.05) is 36.1 Å². The zero-order valence-electron chi connectivity index (χ0n) is 13.4. The lowest BCUT2D eigenvalue weighted by Gasteiger charge is -2.44. The molecule has 0 unspecified atom stereocenters. The molecule has 2 aliphatic heterocycles. The molecule has 1 aromatic carbocycles. The molecule has 120 valence electrons. The topological polar surface area (TPSA) is 41.6 Å². The van der Waals surface area contributed by atoms with Crippen molar-refractivity contribution in [2.24, 2.45) is 5.41 Å². The highest BCUT2D eigenvalue weighted by atomic mass is 16.5. The van der Waals surface area contributed by atoms with Crippen LogP contribution in [-0.4, -0.2) is 43.6 Å². The predicted molar refractivity (Wildman–Crippen MR) is 87.3 cm³/mol. The van der Waals surface area contributed by atoms with E-state index in [2.05, 4.69) is 5.32 Å². The molecule has 22 heavy (non-hydrogen) atoms. The number of carbonyl (C=O) groups is 1. The summed E-state index contributed by atoms with van der Waals surface area (Å²) in [6.07, 6.45) is 4.82. The van der Waals surface area contributed by atoms with Crippen molar-refractivity contribution in [3.05, 3.63) is 29.8 Å². The van der Waals surface area contributed by atoms with Gasteiger partial charge in [0.15, 0.2) is 0 Å². The highest BCUT2D eigenvalue weighted by molar-refractivity contribution is 5.94. The molecule has 1 N–H and O–H groups in total. The van der Waals surface area contributed by atoms with Crippen molar-refractivity contribution < 1.29 is 9.53 Å². The van der Waals surface area contributed by atoms with Gasteiger partial charge in [-0.3, -0.25) is 4.79 Å². The van der Waals surface area contributed by atoms with Crippen LogP contribution in [-0.2, 0) is 0 Å². The van der Waals surface area contributed by atoms with Crippen LogP contribution in [0.1, 0.15) is 43.0 Å². The van der Waals surface area contributed by atoms with Crippen molar-refractivity contribution >= 4 is 5.91 Å². The van der Waals surface area contributed by atoms with Gasteiger partial charge in [0, 0.05) is 18.7 Å². The fourth-order valence-electron chi connectivity index (χ4n) is 3.68. The van der Waals surface area contributed by atoms with Gasteiger partial charge < -0.3 is 15.0 Å². The number of likely N-dealkylation sites (tertiary alicyclic amines) is 1. The Kier molecular flexibility index (Phi) is 4.67. The van der Waals surface area contributed by atoms with Crippen molar-refractivity contribution in [3.63, 3.8) is 0 Å². The number of ether oxygens (including phenoxy) is 1. The molecule has 0 atom stereocenters. The second kappa shape index (κ2) is 6.69. The molecule has 1 aromatic rings. The average molecular weight is 302 g/mol. The molecule has 2 saturated heterocycles. The summed E-state index contributed by atoms with van der Waals surface area (Å²) in [5.41, 5.74) is 1.26. The van der Waals surface area contributed by atoms with Gasteiger partial charge in [0.2, 0.25) is 0 Å². The summed E-state index contributed by atoms with van der Waals surface area (Å²) < 4.78 is 5.43. The lowest BCUT2D eigenvalue weighted by atomic mass is 9.71. The molecular weight excluding hydrogens is 276 g/mol. The number of benzene rings is 1. The Morgan fingerprint density at radius 2 is 1.77 bits per heavy atom. The van der Waals surface area contributed by atoms with E-state index in [-0.39, 0.29) is 5.91 Å². The van der Waals surface area contributed by atoms with E-state index in [1.165, 1.54) is 12.8 Å². The quantitative estimate of drug-likeness (QED) is 0.933. The van der Waals surface area contributed by atoms with Crippen molar-refractivity contribution in [3.8, 4) is 5.75 Å². The standard InChI is InChI=1S/C18H26N2O2/c1-2-22-16-5-3-15(4-6-16)17(21)20-13-9-18(10-14-20)7-11-19-12-8-18/h3-6,19H,2,7-14H2,1H3. The Balaban J connectivity index is 1.59. The van der Waals surface area contributed by atoms with Crippen LogP contribution in [0.4, 0.5) is 0 Å². The number of amides is 1. The Morgan fingerprint density at radius 3 is 2.36 bits per heavy atom. The summed E-state index contributed by atoms with van der Waals surface area (Å²) in [4.78, 5) is 14.6. The van der Waals surface area contributed by atoms with Gasteiger partial charge in [0.25, 0.3) is 5.91 Å². The monoisotopic (exact) mass is 302 g/mol. The zero-order valence-corrected chi connectivity index (χ0v) is 13.4. The number of nitrogens with zero attached hydrogens (tertiary/aromatic N) is 1. The largest absolute Gasteiger partial charge is 0.494 e. The van der Waals surface area contributed by atoms with E-state index in [0.29, 0.717) is 12.0 Å². The lowest BCUT2D eigenvalue weighted by molar-refractivity contribution is 0.0495. The van der Waals surface area contributed by atoms with Gasteiger partial charge in [0.1, 0.15) is 5.75 Å². The summed E-state index contributed by atoms with van der Waals surface area (Å²) in [6.45, 7) is 6.66. The summed E-state index contributed by atoms with van der Waals surface area (Å²) in [6, 6.07) is 7.52. The van der Waals surface area contributed by atoms with Crippen LogP contribution >= 0.6 is 0 Å². The smallest absolute Gasteiger partial charge is 0.253 e. The molecule has 3 rings (SSSR count). The first-order valence-corrected chi connectivity index (χ1v) is 8.45. The van der Waals surface area contributed by atoms with Crippen LogP contribution in [0, 0.1) is 5.41 Å². The van der Waals surface area contributed by atoms with E-state index in [0.717, 1.165) is 50.3 Å². The Hall–Kier alpha value is -1.55. The van der Waals surface area contributed by atoms with E-state index >= 15 is 0 Å². The molecule has 4 heteroatoms. The molecule has 2 fully saturated rings. The first-order chi connectivity index (χ1) is 10.7. The third-order valence-electron chi connectivity index (χ3n) is 5.19. The SMILES string of the molecule is CCOc1ccc(C(=O)N2CCC3(CCNCC3)CC2)cc1. The molecule has 0 radical (unpaired) electrons. The molecule has 2 heterocycles. The highest BCUT2D eigenvalue weighted by Crippen LogP contribution is 2.39. The minimum Gasteiger partial charge on any atom is -0.494 e. The number of piperidine rings is 2. The van der Waals surface area contributed by atoms with Crippen LogP contribution < -0.4 is 10.1 Å². The minimum atomic E-state index is 0.159. The molecular formula is C18H26N2O2. The van der Waals surface area contributed by atoms with Gasteiger partial charge in [-0.25, -0.2) is 0 Å². The number of nitrogens with one attached hydrogen (secondary N) is 1. The predicted octanol–water partition coefficient (Wildman–Crippen LogP) is 2.69. The van der Waals surface area contributed by atoms with Gasteiger partial charge in [-0.15, -0.1) is 0 Å². The molecule has 0 saturated carbocycles. The third-order valence-corrected chi connectivity index (χ3v) is 5.19. The molecule has 2 aliphatic rings. The Labute approximate surface area is 132 Å².